The first-order chi connectivity index (χ1) is 15.8. The highest BCUT2D eigenvalue weighted by Gasteiger charge is 2.17. The molecule has 0 spiro atoms. The second-order valence-electron chi connectivity index (χ2n) is 7.96. The van der Waals surface area contributed by atoms with Gasteiger partial charge in [0.2, 0.25) is 5.91 Å². The van der Waals surface area contributed by atoms with E-state index in [4.69, 9.17) is 29.2 Å². The highest BCUT2D eigenvalue weighted by Crippen LogP contribution is 2.06. The van der Waals surface area contributed by atoms with Gasteiger partial charge in [0.25, 0.3) is 0 Å². The van der Waals surface area contributed by atoms with Crippen molar-refractivity contribution in [1.82, 2.24) is 10.2 Å². The van der Waals surface area contributed by atoms with Crippen LogP contribution in [0.4, 0.5) is 4.79 Å². The molecule has 0 rings (SSSR count). The van der Waals surface area contributed by atoms with Gasteiger partial charge in [0.15, 0.2) is 0 Å². The van der Waals surface area contributed by atoms with Gasteiger partial charge >= 0.3 is 6.09 Å². The third-order valence-corrected chi connectivity index (χ3v) is 3.87. The van der Waals surface area contributed by atoms with Gasteiger partial charge in [-0.1, -0.05) is 12.0 Å². The zero-order chi connectivity index (χ0) is 24.8. The van der Waals surface area contributed by atoms with Gasteiger partial charge in [-0.2, -0.15) is 0 Å². The summed E-state index contributed by atoms with van der Waals surface area (Å²) in [5.41, 5.74) is 7.56. The average molecular weight is 476 g/mol. The minimum absolute atomic E-state index is 0.0150. The summed E-state index contributed by atoms with van der Waals surface area (Å²) in [6, 6.07) is 0. The molecule has 0 radical (unpaired) electrons. The van der Waals surface area contributed by atoms with Crippen LogP contribution in [0.3, 0.4) is 0 Å². The van der Waals surface area contributed by atoms with E-state index in [0.29, 0.717) is 79.0 Å². The fourth-order valence-electron chi connectivity index (χ4n) is 2.47. The smallest absolute Gasteiger partial charge is 0.407 e. The Morgan fingerprint density at radius 1 is 0.909 bits per heavy atom. The van der Waals surface area contributed by atoms with Gasteiger partial charge in [0, 0.05) is 31.1 Å². The molecular weight excluding hydrogens is 434 g/mol. The number of carbonyl (C=O) groups is 2. The number of alkyl carbamates (subject to hydrolysis) is 1. The lowest BCUT2D eigenvalue weighted by Crippen LogP contribution is -2.40. The Labute approximate surface area is 196 Å². The van der Waals surface area contributed by atoms with Crippen LogP contribution in [0.5, 0.6) is 0 Å². The summed E-state index contributed by atoms with van der Waals surface area (Å²) in [6.07, 6.45) is 0.613. The Morgan fingerprint density at radius 3 is 1.97 bits per heavy atom. The van der Waals surface area contributed by atoms with E-state index in [1.165, 1.54) is 0 Å². The van der Waals surface area contributed by atoms with E-state index in [1.54, 1.807) is 25.7 Å². The Hall–Kier alpha value is -2.11. The maximum atomic E-state index is 12.4. The van der Waals surface area contributed by atoms with Crippen molar-refractivity contribution in [2.75, 3.05) is 79.0 Å². The maximum absolute atomic E-state index is 12.4. The van der Waals surface area contributed by atoms with E-state index in [9.17, 15) is 9.59 Å². The molecule has 12 heteroatoms. The third-order valence-electron chi connectivity index (χ3n) is 3.87. The van der Waals surface area contributed by atoms with Crippen LogP contribution >= 0.6 is 0 Å². The zero-order valence-corrected chi connectivity index (χ0v) is 20.5. The van der Waals surface area contributed by atoms with Gasteiger partial charge in [0.1, 0.15) is 5.60 Å². The first-order valence-corrected chi connectivity index (χ1v) is 11.4. The molecule has 0 aromatic carbocycles. The van der Waals surface area contributed by atoms with Gasteiger partial charge in [-0.15, -0.1) is 0 Å². The van der Waals surface area contributed by atoms with Crippen LogP contribution in [0.15, 0.2) is 5.11 Å². The number of azide groups is 1. The summed E-state index contributed by atoms with van der Waals surface area (Å²) in [5.74, 6) is -0.0150. The fourth-order valence-corrected chi connectivity index (χ4v) is 2.47. The van der Waals surface area contributed by atoms with Crippen molar-refractivity contribution >= 4 is 12.0 Å². The van der Waals surface area contributed by atoms with E-state index in [0.717, 1.165) is 6.42 Å². The van der Waals surface area contributed by atoms with Crippen molar-refractivity contribution in [3.8, 4) is 0 Å². The van der Waals surface area contributed by atoms with Crippen molar-refractivity contribution in [2.45, 2.75) is 46.1 Å². The molecule has 0 aliphatic heterocycles. The first-order valence-electron chi connectivity index (χ1n) is 11.4. The molecule has 0 aliphatic rings. The molecule has 1 N–H and O–H groups in total. The lowest BCUT2D eigenvalue weighted by atomic mass is 10.2. The number of nitrogens with one attached hydrogen (secondary N) is 1. The van der Waals surface area contributed by atoms with Crippen LogP contribution in [-0.2, 0) is 28.5 Å². The summed E-state index contributed by atoms with van der Waals surface area (Å²) in [5, 5.41) is 6.03. The quantitative estimate of drug-likeness (QED) is 0.123. The SMILES string of the molecule is CCCN(CCNC(=O)OC(C)(C)C)C(=O)CCOCCOCCOCCOCCN=[N+]=[N-]. The molecule has 0 unspecified atom stereocenters. The number of hydrogen-bond donors (Lipinski definition) is 1. The molecule has 0 bridgehead atoms. The predicted molar refractivity (Wildman–Crippen MR) is 123 cm³/mol. The number of hydrogen-bond acceptors (Lipinski definition) is 8. The Bertz CT molecular complexity index is 566. The molecular formula is C21H41N5O7. The third kappa shape index (κ3) is 21.5. The number of ether oxygens (including phenoxy) is 5. The average Bonchev–Trinajstić information content (AvgIpc) is 2.74. The zero-order valence-electron chi connectivity index (χ0n) is 20.5. The summed E-state index contributed by atoms with van der Waals surface area (Å²) < 4.78 is 26.6. The van der Waals surface area contributed by atoms with Crippen LogP contribution in [0, 0.1) is 0 Å². The second kappa shape index (κ2) is 20.5. The standard InChI is InChI=1S/C21H41N5O7/c1-5-9-26(10-7-23-20(28)33-21(2,3)4)19(27)6-11-29-13-15-31-17-18-32-16-14-30-12-8-24-25-22/h5-18H2,1-4H3,(H,23,28). The molecule has 0 atom stereocenters. The molecule has 192 valence electrons. The molecule has 33 heavy (non-hydrogen) atoms. The minimum atomic E-state index is -0.554. The van der Waals surface area contributed by atoms with E-state index in [1.807, 2.05) is 6.92 Å². The lowest BCUT2D eigenvalue weighted by Gasteiger charge is -2.23. The minimum Gasteiger partial charge on any atom is -0.444 e. The molecule has 0 aromatic heterocycles. The van der Waals surface area contributed by atoms with Gasteiger partial charge in [-0.3, -0.25) is 4.79 Å². The fraction of sp³-hybridized carbons (Fsp3) is 0.905. The first kappa shape index (κ1) is 30.9. The van der Waals surface area contributed by atoms with Crippen LogP contribution < -0.4 is 5.32 Å². The van der Waals surface area contributed by atoms with Crippen molar-refractivity contribution in [2.24, 2.45) is 5.11 Å². The highest BCUT2D eigenvalue weighted by molar-refractivity contribution is 5.76. The van der Waals surface area contributed by atoms with Crippen molar-refractivity contribution in [1.29, 1.82) is 0 Å². The lowest BCUT2D eigenvalue weighted by molar-refractivity contribution is -0.132. The molecule has 0 heterocycles. The van der Waals surface area contributed by atoms with Gasteiger partial charge < -0.3 is 33.9 Å². The summed E-state index contributed by atoms with van der Waals surface area (Å²) in [7, 11) is 0. The molecule has 2 amide bonds. The number of nitrogens with zero attached hydrogens (tertiary/aromatic N) is 4. The van der Waals surface area contributed by atoms with Gasteiger partial charge in [-0.05, 0) is 32.7 Å². The van der Waals surface area contributed by atoms with Crippen molar-refractivity contribution in [3.05, 3.63) is 10.4 Å². The van der Waals surface area contributed by atoms with Crippen LogP contribution in [0.1, 0.15) is 40.5 Å². The van der Waals surface area contributed by atoms with E-state index >= 15 is 0 Å². The van der Waals surface area contributed by atoms with Crippen LogP contribution in [0.25, 0.3) is 10.4 Å². The molecule has 0 aromatic rings. The summed E-state index contributed by atoms with van der Waals surface area (Å²) >= 11 is 0. The molecule has 0 saturated carbocycles. The normalized spacial score (nSPS) is 11.0. The number of carbonyl (C=O) groups excluding carboxylic acids is 2. The van der Waals surface area contributed by atoms with Gasteiger partial charge in [0.05, 0.1) is 59.3 Å². The van der Waals surface area contributed by atoms with Crippen LogP contribution in [-0.4, -0.2) is 102 Å². The molecule has 0 fully saturated rings. The highest BCUT2D eigenvalue weighted by atomic mass is 16.6. The number of amides is 2. The van der Waals surface area contributed by atoms with Crippen molar-refractivity contribution in [3.63, 3.8) is 0 Å². The Balaban J connectivity index is 3.69. The molecule has 0 aliphatic carbocycles. The molecule has 12 nitrogen and oxygen atoms in total. The maximum Gasteiger partial charge on any atom is 0.407 e. The molecule has 0 saturated heterocycles. The summed E-state index contributed by atoms with van der Waals surface area (Å²) in [4.78, 5) is 28.4. The van der Waals surface area contributed by atoms with E-state index < -0.39 is 11.7 Å². The number of rotatable bonds is 20. The second-order valence-corrected chi connectivity index (χ2v) is 7.96. The van der Waals surface area contributed by atoms with Gasteiger partial charge in [-0.25, -0.2) is 4.79 Å². The van der Waals surface area contributed by atoms with E-state index in [-0.39, 0.29) is 12.3 Å². The largest absolute Gasteiger partial charge is 0.444 e. The predicted octanol–water partition coefficient (Wildman–Crippen LogP) is 2.52. The van der Waals surface area contributed by atoms with Crippen LogP contribution in [0.2, 0.25) is 0 Å². The Morgan fingerprint density at radius 2 is 1.45 bits per heavy atom. The monoisotopic (exact) mass is 475 g/mol. The topological polar surface area (TPSA) is 144 Å². The van der Waals surface area contributed by atoms with Crippen molar-refractivity contribution < 1.29 is 33.3 Å². The Kier molecular flexibility index (Phi) is 19.2. The summed E-state index contributed by atoms with van der Waals surface area (Å²) in [6.45, 7) is 12.4. The van der Waals surface area contributed by atoms with E-state index in [2.05, 4.69) is 15.3 Å².